The van der Waals surface area contributed by atoms with Crippen LogP contribution in [0.15, 0.2) is 24.3 Å². The van der Waals surface area contributed by atoms with Crippen LogP contribution in [0, 0.1) is 24.1 Å². The maximum absolute atomic E-state index is 13.5. The average molecular weight is 235 g/mol. The van der Waals surface area contributed by atoms with Gasteiger partial charge in [0.25, 0.3) is 0 Å². The minimum Gasteiger partial charge on any atom is -0.357 e. The summed E-state index contributed by atoms with van der Waals surface area (Å²) in [6.07, 6.45) is 0. The predicted octanol–water partition coefficient (Wildman–Crippen LogP) is 3.65. The van der Waals surface area contributed by atoms with Crippen LogP contribution in [0.1, 0.15) is 11.3 Å². The first-order chi connectivity index (χ1) is 7.61. The summed E-state index contributed by atoms with van der Waals surface area (Å²) in [6, 6.07) is 7.97. The van der Waals surface area contributed by atoms with E-state index < -0.39 is 0 Å². The molecule has 80 valence electrons. The molecule has 0 aliphatic carbocycles. The molecule has 1 N–H and O–H groups in total. The lowest BCUT2D eigenvalue weighted by molar-refractivity contribution is 0.631. The minimum absolute atomic E-state index is 0.366. The fourth-order valence-corrected chi connectivity index (χ4v) is 1.70. The monoisotopic (exact) mass is 234 g/mol. The molecule has 2 rings (SSSR count). The molecule has 0 radical (unpaired) electrons. The molecule has 0 saturated carbocycles. The topological polar surface area (TPSA) is 39.6 Å². The standard InChI is InChI=1S/C12H8ClFN2/c1-7-8(6-15)4-12(16-7)10-5-9(13)2-3-11(10)14/h2-5,16H,1H3. The lowest BCUT2D eigenvalue weighted by Gasteiger charge is -2.00. The molecule has 0 saturated heterocycles. The Bertz CT molecular complexity index is 581. The van der Waals surface area contributed by atoms with E-state index in [9.17, 15) is 4.39 Å². The van der Waals surface area contributed by atoms with Crippen molar-refractivity contribution in [1.82, 2.24) is 4.98 Å². The normalized spacial score (nSPS) is 10.1. The van der Waals surface area contributed by atoms with Gasteiger partial charge < -0.3 is 4.98 Å². The SMILES string of the molecule is Cc1[nH]c(-c2cc(Cl)ccc2F)cc1C#N. The molecule has 0 aliphatic rings. The van der Waals surface area contributed by atoms with E-state index in [-0.39, 0.29) is 5.82 Å². The molecule has 0 amide bonds. The van der Waals surface area contributed by atoms with Gasteiger partial charge in [0.2, 0.25) is 0 Å². The fraction of sp³-hybridized carbons (Fsp3) is 0.0833. The van der Waals surface area contributed by atoms with Gasteiger partial charge in [0, 0.05) is 22.0 Å². The summed E-state index contributed by atoms with van der Waals surface area (Å²) in [7, 11) is 0. The molecule has 0 fully saturated rings. The van der Waals surface area contributed by atoms with E-state index in [1.165, 1.54) is 18.2 Å². The van der Waals surface area contributed by atoms with Crippen LogP contribution in [0.5, 0.6) is 0 Å². The van der Waals surface area contributed by atoms with Crippen LogP contribution in [0.25, 0.3) is 11.3 Å². The summed E-state index contributed by atoms with van der Waals surface area (Å²) in [4.78, 5) is 2.96. The second kappa shape index (κ2) is 3.99. The molecule has 1 aromatic carbocycles. The summed E-state index contributed by atoms with van der Waals surface area (Å²) in [5.74, 6) is -0.366. The van der Waals surface area contributed by atoms with E-state index in [2.05, 4.69) is 4.98 Å². The van der Waals surface area contributed by atoms with Crippen LogP contribution in [-0.4, -0.2) is 4.98 Å². The van der Waals surface area contributed by atoms with Gasteiger partial charge in [0.05, 0.1) is 5.56 Å². The number of hydrogen-bond acceptors (Lipinski definition) is 1. The number of benzene rings is 1. The molecule has 1 heterocycles. The quantitative estimate of drug-likeness (QED) is 0.804. The number of aromatic nitrogens is 1. The number of hydrogen-bond donors (Lipinski definition) is 1. The molecular formula is C12H8ClFN2. The van der Waals surface area contributed by atoms with Crippen molar-refractivity contribution in [1.29, 1.82) is 5.26 Å². The van der Waals surface area contributed by atoms with E-state index in [1.807, 2.05) is 6.07 Å². The zero-order chi connectivity index (χ0) is 11.7. The number of aryl methyl sites for hydroxylation is 1. The molecule has 4 heteroatoms. The molecule has 0 atom stereocenters. The first kappa shape index (κ1) is 10.7. The number of nitriles is 1. The third kappa shape index (κ3) is 1.80. The Labute approximate surface area is 97.3 Å². The van der Waals surface area contributed by atoms with E-state index in [0.717, 1.165) is 5.69 Å². The number of aromatic amines is 1. The highest BCUT2D eigenvalue weighted by Gasteiger charge is 2.10. The second-order valence-electron chi connectivity index (χ2n) is 3.46. The first-order valence-corrected chi connectivity index (χ1v) is 5.04. The number of rotatable bonds is 1. The number of halogens is 2. The van der Waals surface area contributed by atoms with Crippen molar-refractivity contribution < 1.29 is 4.39 Å². The predicted molar refractivity (Wildman–Crippen MR) is 60.6 cm³/mol. The van der Waals surface area contributed by atoms with Crippen molar-refractivity contribution in [3.05, 3.63) is 46.4 Å². The molecule has 2 aromatic rings. The number of nitrogens with one attached hydrogen (secondary N) is 1. The average Bonchev–Trinajstić information content (AvgIpc) is 2.63. The summed E-state index contributed by atoms with van der Waals surface area (Å²) in [5, 5.41) is 9.27. The molecule has 0 spiro atoms. The lowest BCUT2D eigenvalue weighted by atomic mass is 10.1. The maximum Gasteiger partial charge on any atom is 0.132 e. The summed E-state index contributed by atoms with van der Waals surface area (Å²) >= 11 is 5.80. The zero-order valence-corrected chi connectivity index (χ0v) is 9.27. The zero-order valence-electron chi connectivity index (χ0n) is 8.51. The molecule has 1 aromatic heterocycles. The number of H-pyrrole nitrogens is 1. The Balaban J connectivity index is 2.59. The largest absolute Gasteiger partial charge is 0.357 e. The van der Waals surface area contributed by atoms with Gasteiger partial charge in [-0.2, -0.15) is 5.26 Å². The minimum atomic E-state index is -0.366. The van der Waals surface area contributed by atoms with Crippen molar-refractivity contribution in [2.75, 3.05) is 0 Å². The van der Waals surface area contributed by atoms with Gasteiger partial charge in [-0.05, 0) is 31.2 Å². The maximum atomic E-state index is 13.5. The Hall–Kier alpha value is -1.79. The third-order valence-electron chi connectivity index (χ3n) is 2.35. The van der Waals surface area contributed by atoms with Gasteiger partial charge in [-0.15, -0.1) is 0 Å². The van der Waals surface area contributed by atoms with E-state index in [1.54, 1.807) is 13.0 Å². The van der Waals surface area contributed by atoms with Crippen LogP contribution < -0.4 is 0 Å². The van der Waals surface area contributed by atoms with Crippen molar-refractivity contribution in [2.45, 2.75) is 6.92 Å². The number of nitrogens with zero attached hydrogens (tertiary/aromatic N) is 1. The summed E-state index contributed by atoms with van der Waals surface area (Å²) < 4.78 is 13.5. The van der Waals surface area contributed by atoms with Gasteiger partial charge in [-0.1, -0.05) is 11.6 Å². The van der Waals surface area contributed by atoms with Gasteiger partial charge in [-0.3, -0.25) is 0 Å². The highest BCUT2D eigenvalue weighted by Crippen LogP contribution is 2.26. The van der Waals surface area contributed by atoms with Crippen LogP contribution in [0.3, 0.4) is 0 Å². The summed E-state index contributed by atoms with van der Waals surface area (Å²) in [6.45, 7) is 1.77. The Morgan fingerprint density at radius 1 is 1.38 bits per heavy atom. The smallest absolute Gasteiger partial charge is 0.132 e. The Morgan fingerprint density at radius 3 is 2.75 bits per heavy atom. The van der Waals surface area contributed by atoms with E-state index in [4.69, 9.17) is 16.9 Å². The Morgan fingerprint density at radius 2 is 2.12 bits per heavy atom. The molecule has 2 nitrogen and oxygen atoms in total. The van der Waals surface area contributed by atoms with Crippen molar-refractivity contribution >= 4 is 11.6 Å². The summed E-state index contributed by atoms with van der Waals surface area (Å²) in [5.41, 5.74) is 2.16. The highest BCUT2D eigenvalue weighted by atomic mass is 35.5. The third-order valence-corrected chi connectivity index (χ3v) is 2.59. The second-order valence-corrected chi connectivity index (χ2v) is 3.89. The van der Waals surface area contributed by atoms with Crippen molar-refractivity contribution in [3.8, 4) is 17.3 Å². The van der Waals surface area contributed by atoms with Crippen LogP contribution in [0.4, 0.5) is 4.39 Å². The van der Waals surface area contributed by atoms with E-state index >= 15 is 0 Å². The van der Waals surface area contributed by atoms with Crippen LogP contribution in [0.2, 0.25) is 5.02 Å². The highest BCUT2D eigenvalue weighted by molar-refractivity contribution is 6.30. The van der Waals surface area contributed by atoms with Crippen molar-refractivity contribution in [3.63, 3.8) is 0 Å². The van der Waals surface area contributed by atoms with Gasteiger partial charge in [0.1, 0.15) is 11.9 Å². The molecule has 0 aliphatic heterocycles. The Kier molecular flexibility index (Phi) is 2.67. The molecule has 0 unspecified atom stereocenters. The lowest BCUT2D eigenvalue weighted by Crippen LogP contribution is -1.84. The van der Waals surface area contributed by atoms with Crippen molar-refractivity contribution in [2.24, 2.45) is 0 Å². The van der Waals surface area contributed by atoms with Crippen LogP contribution >= 0.6 is 11.6 Å². The van der Waals surface area contributed by atoms with E-state index in [0.29, 0.717) is 21.8 Å². The molecule has 16 heavy (non-hydrogen) atoms. The first-order valence-electron chi connectivity index (χ1n) is 4.67. The molecule has 0 bridgehead atoms. The van der Waals surface area contributed by atoms with Crippen LogP contribution in [-0.2, 0) is 0 Å². The van der Waals surface area contributed by atoms with Gasteiger partial charge in [0.15, 0.2) is 0 Å². The van der Waals surface area contributed by atoms with Gasteiger partial charge in [-0.25, -0.2) is 4.39 Å². The fourth-order valence-electron chi connectivity index (χ4n) is 1.52. The molecular weight excluding hydrogens is 227 g/mol. The van der Waals surface area contributed by atoms with Gasteiger partial charge >= 0.3 is 0 Å².